The minimum atomic E-state index is 0. The van der Waals surface area contributed by atoms with Gasteiger partial charge in [-0.2, -0.15) is 0 Å². The number of amides is 1. The van der Waals surface area contributed by atoms with Crippen LogP contribution in [0, 0.1) is 11.3 Å². The van der Waals surface area contributed by atoms with Gasteiger partial charge in [0.1, 0.15) is 0 Å². The lowest BCUT2D eigenvalue weighted by molar-refractivity contribution is -0.134. The lowest BCUT2D eigenvalue weighted by Gasteiger charge is -2.28. The van der Waals surface area contributed by atoms with Crippen LogP contribution in [-0.4, -0.2) is 56.0 Å². The van der Waals surface area contributed by atoms with Crippen LogP contribution >= 0.6 is 12.4 Å². The van der Waals surface area contributed by atoms with Gasteiger partial charge in [-0.05, 0) is 57.4 Å². The first-order chi connectivity index (χ1) is 11.1. The van der Waals surface area contributed by atoms with Gasteiger partial charge >= 0.3 is 0 Å². The minimum Gasteiger partial charge on any atom is -0.337 e. The Kier molecular flexibility index (Phi) is 6.67. The largest absolute Gasteiger partial charge is 0.337 e. The maximum Gasteiger partial charge on any atom is 0.226 e. The first-order valence-electron chi connectivity index (χ1n) is 8.79. The van der Waals surface area contributed by atoms with Crippen LogP contribution in [0.5, 0.6) is 0 Å². The van der Waals surface area contributed by atoms with Crippen molar-refractivity contribution in [2.45, 2.75) is 25.8 Å². The summed E-state index contributed by atoms with van der Waals surface area (Å²) in [6.45, 7) is 4.60. The Bertz CT molecular complexity index is 529. The SMILES string of the molecule is CN(C)CCN(Cc1ccccc1)C(=O)C1CC12CCNCC2.Cl. The molecule has 1 spiro atoms. The molecular weight excluding hydrogens is 322 g/mol. The number of hydrogen-bond donors (Lipinski definition) is 1. The number of carbonyl (C=O) groups is 1. The molecule has 1 saturated carbocycles. The molecule has 1 heterocycles. The van der Waals surface area contributed by atoms with Gasteiger partial charge in [0.15, 0.2) is 0 Å². The van der Waals surface area contributed by atoms with E-state index in [0.717, 1.165) is 52.0 Å². The molecule has 1 aliphatic heterocycles. The normalized spacial score (nSPS) is 21.4. The second kappa shape index (κ2) is 8.32. The van der Waals surface area contributed by atoms with E-state index in [2.05, 4.69) is 53.5 Å². The van der Waals surface area contributed by atoms with Crippen LogP contribution in [0.25, 0.3) is 0 Å². The number of rotatable bonds is 6. The Morgan fingerprint density at radius 1 is 1.17 bits per heavy atom. The summed E-state index contributed by atoms with van der Waals surface area (Å²) < 4.78 is 0. The molecule has 5 heteroatoms. The molecular formula is C19H30ClN3O. The quantitative estimate of drug-likeness (QED) is 0.854. The molecule has 1 aromatic rings. The predicted molar refractivity (Wildman–Crippen MR) is 100 cm³/mol. The first-order valence-corrected chi connectivity index (χ1v) is 8.79. The van der Waals surface area contributed by atoms with Gasteiger partial charge < -0.3 is 15.1 Å². The molecule has 4 nitrogen and oxygen atoms in total. The van der Waals surface area contributed by atoms with Crippen molar-refractivity contribution < 1.29 is 4.79 Å². The molecule has 134 valence electrons. The number of carbonyl (C=O) groups excluding carboxylic acids is 1. The number of nitrogens with zero attached hydrogens (tertiary/aromatic N) is 2. The van der Waals surface area contributed by atoms with Gasteiger partial charge in [0, 0.05) is 25.6 Å². The van der Waals surface area contributed by atoms with E-state index in [1.165, 1.54) is 5.56 Å². The smallest absolute Gasteiger partial charge is 0.226 e. The maximum absolute atomic E-state index is 13.1. The molecule has 24 heavy (non-hydrogen) atoms. The standard InChI is InChI=1S/C19H29N3O.ClH/c1-21(2)12-13-22(15-16-6-4-3-5-7-16)18(23)17-14-19(17)8-10-20-11-9-19;/h3-7,17,20H,8-15H2,1-2H3;1H. The number of hydrogen-bond acceptors (Lipinski definition) is 3. The highest BCUT2D eigenvalue weighted by molar-refractivity contribution is 5.85. The molecule has 2 aliphatic rings. The number of benzene rings is 1. The molecule has 1 amide bonds. The maximum atomic E-state index is 13.1. The predicted octanol–water partition coefficient (Wildman–Crippen LogP) is 2.39. The van der Waals surface area contributed by atoms with Crippen molar-refractivity contribution in [1.82, 2.24) is 15.1 Å². The third-order valence-electron chi connectivity index (χ3n) is 5.43. The highest BCUT2D eigenvalue weighted by atomic mass is 35.5. The lowest BCUT2D eigenvalue weighted by Crippen LogP contribution is -2.39. The average Bonchev–Trinajstić information content (AvgIpc) is 3.25. The van der Waals surface area contributed by atoms with Gasteiger partial charge in [-0.3, -0.25) is 4.79 Å². The van der Waals surface area contributed by atoms with Gasteiger partial charge in [0.05, 0.1) is 0 Å². The van der Waals surface area contributed by atoms with E-state index in [4.69, 9.17) is 0 Å². The topological polar surface area (TPSA) is 35.6 Å². The molecule has 2 fully saturated rings. The van der Waals surface area contributed by atoms with Crippen LogP contribution in [-0.2, 0) is 11.3 Å². The van der Waals surface area contributed by atoms with Crippen molar-refractivity contribution in [3.8, 4) is 0 Å². The minimum absolute atomic E-state index is 0. The van der Waals surface area contributed by atoms with Gasteiger partial charge in [-0.1, -0.05) is 30.3 Å². The number of piperidine rings is 1. The van der Waals surface area contributed by atoms with Crippen LogP contribution in [0.15, 0.2) is 30.3 Å². The van der Waals surface area contributed by atoms with Crippen molar-refractivity contribution in [3.63, 3.8) is 0 Å². The Morgan fingerprint density at radius 3 is 2.46 bits per heavy atom. The third-order valence-corrected chi connectivity index (χ3v) is 5.43. The second-order valence-electron chi connectivity index (χ2n) is 7.42. The number of halogens is 1. The molecule has 0 radical (unpaired) electrons. The molecule has 1 unspecified atom stereocenters. The third kappa shape index (κ3) is 4.50. The van der Waals surface area contributed by atoms with Crippen LogP contribution in [0.4, 0.5) is 0 Å². The van der Waals surface area contributed by atoms with Crippen molar-refractivity contribution in [1.29, 1.82) is 0 Å². The zero-order valence-electron chi connectivity index (χ0n) is 14.8. The zero-order valence-corrected chi connectivity index (χ0v) is 15.6. The van der Waals surface area contributed by atoms with Gasteiger partial charge in [0.2, 0.25) is 5.91 Å². The van der Waals surface area contributed by atoms with Crippen molar-refractivity contribution in [2.24, 2.45) is 11.3 Å². The average molecular weight is 352 g/mol. The molecule has 1 N–H and O–H groups in total. The Labute approximate surface area is 152 Å². The fourth-order valence-electron chi connectivity index (χ4n) is 3.79. The summed E-state index contributed by atoms with van der Waals surface area (Å²) in [5, 5.41) is 3.42. The molecule has 1 atom stereocenters. The van der Waals surface area contributed by atoms with E-state index < -0.39 is 0 Å². The highest BCUT2D eigenvalue weighted by Gasteiger charge is 2.58. The van der Waals surface area contributed by atoms with Crippen LogP contribution in [0.1, 0.15) is 24.8 Å². The van der Waals surface area contributed by atoms with Gasteiger partial charge in [-0.25, -0.2) is 0 Å². The summed E-state index contributed by atoms with van der Waals surface area (Å²) in [5.41, 5.74) is 1.54. The molecule has 0 bridgehead atoms. The molecule has 1 aromatic carbocycles. The fourth-order valence-corrected chi connectivity index (χ4v) is 3.79. The summed E-state index contributed by atoms with van der Waals surface area (Å²) in [6, 6.07) is 10.4. The summed E-state index contributed by atoms with van der Waals surface area (Å²) in [7, 11) is 4.13. The fraction of sp³-hybridized carbons (Fsp3) is 0.632. The Morgan fingerprint density at radius 2 is 1.83 bits per heavy atom. The van der Waals surface area contributed by atoms with Crippen LogP contribution in [0.3, 0.4) is 0 Å². The Hall–Kier alpha value is -1.10. The highest BCUT2D eigenvalue weighted by Crippen LogP contribution is 2.59. The van der Waals surface area contributed by atoms with E-state index in [9.17, 15) is 4.79 Å². The molecule has 0 aromatic heterocycles. The van der Waals surface area contributed by atoms with E-state index in [1.54, 1.807) is 0 Å². The molecule has 3 rings (SSSR count). The monoisotopic (exact) mass is 351 g/mol. The van der Waals surface area contributed by atoms with Crippen molar-refractivity contribution >= 4 is 18.3 Å². The van der Waals surface area contributed by atoms with E-state index in [0.29, 0.717) is 11.3 Å². The first kappa shape index (κ1) is 19.2. The zero-order chi connectivity index (χ0) is 16.3. The number of nitrogens with one attached hydrogen (secondary N) is 1. The van der Waals surface area contributed by atoms with E-state index >= 15 is 0 Å². The molecule has 1 aliphatic carbocycles. The van der Waals surface area contributed by atoms with Gasteiger partial charge in [-0.15, -0.1) is 12.4 Å². The van der Waals surface area contributed by atoms with Gasteiger partial charge in [0.25, 0.3) is 0 Å². The van der Waals surface area contributed by atoms with Crippen molar-refractivity contribution in [2.75, 3.05) is 40.3 Å². The van der Waals surface area contributed by atoms with Crippen LogP contribution in [0.2, 0.25) is 0 Å². The summed E-state index contributed by atoms with van der Waals surface area (Å²) in [5.74, 6) is 0.632. The summed E-state index contributed by atoms with van der Waals surface area (Å²) >= 11 is 0. The van der Waals surface area contributed by atoms with E-state index in [1.807, 2.05) is 6.07 Å². The van der Waals surface area contributed by atoms with Crippen molar-refractivity contribution in [3.05, 3.63) is 35.9 Å². The summed E-state index contributed by atoms with van der Waals surface area (Å²) in [4.78, 5) is 17.3. The summed E-state index contributed by atoms with van der Waals surface area (Å²) in [6.07, 6.45) is 3.42. The van der Waals surface area contributed by atoms with E-state index in [-0.39, 0.29) is 18.3 Å². The lowest BCUT2D eigenvalue weighted by atomic mass is 9.91. The second-order valence-corrected chi connectivity index (χ2v) is 7.42. The van der Waals surface area contributed by atoms with Crippen LogP contribution < -0.4 is 5.32 Å². The molecule has 1 saturated heterocycles. The number of likely N-dealkylation sites (N-methyl/N-ethyl adjacent to an activating group) is 1. The Balaban J connectivity index is 0.00000208.